The first kappa shape index (κ1) is 11.9. The number of hydrogen-bond donors (Lipinski definition) is 2. The fourth-order valence-corrected chi connectivity index (χ4v) is 3.52. The second-order valence-electron chi connectivity index (χ2n) is 6.00. The number of imidazole rings is 1. The van der Waals surface area contributed by atoms with Gasteiger partial charge in [-0.25, -0.2) is 4.98 Å². The van der Waals surface area contributed by atoms with Crippen molar-refractivity contribution in [2.45, 2.75) is 31.8 Å². The van der Waals surface area contributed by atoms with Crippen molar-refractivity contribution in [3.05, 3.63) is 35.8 Å². The third-order valence-electron chi connectivity index (χ3n) is 4.48. The molecule has 3 heterocycles. The van der Waals surface area contributed by atoms with Gasteiger partial charge in [0.25, 0.3) is 5.91 Å². The van der Waals surface area contributed by atoms with Crippen molar-refractivity contribution in [2.24, 2.45) is 5.92 Å². The van der Waals surface area contributed by atoms with E-state index in [2.05, 4.69) is 15.6 Å². The number of carbonyl (C=O) groups is 1. The van der Waals surface area contributed by atoms with E-state index in [1.54, 1.807) is 0 Å². The first-order chi connectivity index (χ1) is 9.69. The molecule has 4 rings (SSSR count). The number of carbonyl (C=O) groups excluding carboxylic acids is 1. The van der Waals surface area contributed by atoms with Gasteiger partial charge in [0.2, 0.25) is 0 Å². The summed E-state index contributed by atoms with van der Waals surface area (Å²) in [7, 11) is 0. The minimum absolute atomic E-state index is 0.0117. The molecule has 20 heavy (non-hydrogen) atoms. The van der Waals surface area contributed by atoms with Crippen LogP contribution in [0.15, 0.2) is 24.5 Å². The molecule has 3 unspecified atom stereocenters. The van der Waals surface area contributed by atoms with E-state index in [0.717, 1.165) is 30.2 Å². The summed E-state index contributed by atoms with van der Waals surface area (Å²) in [5.74, 6) is 0.752. The van der Waals surface area contributed by atoms with Gasteiger partial charge in [0, 0.05) is 24.5 Å². The summed E-state index contributed by atoms with van der Waals surface area (Å²) < 4.78 is 1.91. The van der Waals surface area contributed by atoms with Crippen LogP contribution in [0.3, 0.4) is 0 Å². The number of piperidine rings is 1. The Morgan fingerprint density at radius 2 is 2.30 bits per heavy atom. The molecule has 0 aromatic carbocycles. The van der Waals surface area contributed by atoms with Crippen LogP contribution in [0.5, 0.6) is 0 Å². The van der Waals surface area contributed by atoms with Crippen LogP contribution >= 0.6 is 0 Å². The fourth-order valence-electron chi connectivity index (χ4n) is 3.52. The van der Waals surface area contributed by atoms with Crippen LogP contribution in [0.1, 0.15) is 28.9 Å². The van der Waals surface area contributed by atoms with Crippen molar-refractivity contribution in [2.75, 3.05) is 6.54 Å². The van der Waals surface area contributed by atoms with E-state index < -0.39 is 0 Å². The molecule has 104 valence electrons. The summed E-state index contributed by atoms with van der Waals surface area (Å²) >= 11 is 0. The highest BCUT2D eigenvalue weighted by Gasteiger charge is 2.40. The van der Waals surface area contributed by atoms with Crippen LogP contribution in [-0.2, 0) is 0 Å². The Kier molecular flexibility index (Phi) is 2.57. The molecule has 2 aromatic rings. The van der Waals surface area contributed by atoms with Gasteiger partial charge in [0.1, 0.15) is 5.65 Å². The Hall–Kier alpha value is -1.88. The third-order valence-corrected chi connectivity index (χ3v) is 4.48. The van der Waals surface area contributed by atoms with Gasteiger partial charge in [-0.2, -0.15) is 0 Å². The van der Waals surface area contributed by atoms with Gasteiger partial charge >= 0.3 is 0 Å². The minimum Gasteiger partial charge on any atom is -0.348 e. The van der Waals surface area contributed by atoms with Crippen LogP contribution in [0, 0.1) is 12.8 Å². The van der Waals surface area contributed by atoms with E-state index in [1.165, 1.54) is 6.42 Å². The molecular weight excluding hydrogens is 252 g/mol. The molecule has 3 atom stereocenters. The maximum atomic E-state index is 12.4. The van der Waals surface area contributed by atoms with Crippen molar-refractivity contribution in [1.82, 2.24) is 20.0 Å². The second-order valence-corrected chi connectivity index (χ2v) is 6.00. The topological polar surface area (TPSA) is 58.4 Å². The number of amides is 1. The molecule has 2 aliphatic rings. The molecule has 5 nitrogen and oxygen atoms in total. The highest BCUT2D eigenvalue weighted by atomic mass is 16.1. The summed E-state index contributed by atoms with van der Waals surface area (Å²) in [6.45, 7) is 3.06. The number of aromatic nitrogens is 2. The van der Waals surface area contributed by atoms with Crippen LogP contribution in [0.2, 0.25) is 0 Å². The number of aryl methyl sites for hydroxylation is 1. The maximum absolute atomic E-state index is 12.4. The van der Waals surface area contributed by atoms with Crippen molar-refractivity contribution in [3.63, 3.8) is 0 Å². The van der Waals surface area contributed by atoms with Gasteiger partial charge in [0.15, 0.2) is 0 Å². The molecule has 1 saturated heterocycles. The molecule has 1 aliphatic carbocycles. The number of pyridine rings is 1. The summed E-state index contributed by atoms with van der Waals surface area (Å²) in [4.78, 5) is 16.7. The number of hydrogen-bond acceptors (Lipinski definition) is 3. The molecule has 2 bridgehead atoms. The molecule has 2 fully saturated rings. The van der Waals surface area contributed by atoms with Crippen LogP contribution < -0.4 is 10.6 Å². The average Bonchev–Trinajstić information content (AvgIpc) is 3.10. The number of fused-ring (bicyclic) bond motifs is 3. The predicted molar refractivity (Wildman–Crippen MR) is 75.7 cm³/mol. The summed E-state index contributed by atoms with van der Waals surface area (Å²) in [6.07, 6.45) is 6.09. The van der Waals surface area contributed by atoms with Crippen molar-refractivity contribution in [1.29, 1.82) is 0 Å². The highest BCUT2D eigenvalue weighted by molar-refractivity contribution is 5.94. The van der Waals surface area contributed by atoms with Crippen LogP contribution in [0.25, 0.3) is 5.65 Å². The quantitative estimate of drug-likeness (QED) is 0.860. The lowest BCUT2D eigenvalue weighted by Gasteiger charge is -2.23. The van der Waals surface area contributed by atoms with Crippen molar-refractivity contribution in [3.8, 4) is 0 Å². The standard InChI is InChI=1S/C15H18N4O/c1-9-7-19-8-11(2-3-14(19)17-9)15(20)18-13-5-10-4-12(13)16-6-10/h2-3,7-8,10,12-13,16H,4-6H2,1H3,(H,18,20). The van der Waals surface area contributed by atoms with E-state index in [1.807, 2.05) is 35.9 Å². The van der Waals surface area contributed by atoms with Gasteiger partial charge < -0.3 is 15.0 Å². The summed E-state index contributed by atoms with van der Waals surface area (Å²) in [6, 6.07) is 4.48. The zero-order valence-corrected chi connectivity index (χ0v) is 11.5. The Bertz CT molecular complexity index is 678. The lowest BCUT2D eigenvalue weighted by Crippen LogP contribution is -2.47. The maximum Gasteiger partial charge on any atom is 0.253 e. The molecule has 0 spiro atoms. The van der Waals surface area contributed by atoms with Crippen molar-refractivity contribution < 1.29 is 4.79 Å². The largest absolute Gasteiger partial charge is 0.348 e. The van der Waals surface area contributed by atoms with Gasteiger partial charge in [-0.05, 0) is 44.4 Å². The molecule has 5 heteroatoms. The van der Waals surface area contributed by atoms with E-state index in [9.17, 15) is 4.79 Å². The first-order valence-corrected chi connectivity index (χ1v) is 7.18. The Labute approximate surface area is 117 Å². The number of nitrogens with zero attached hydrogens (tertiary/aromatic N) is 2. The van der Waals surface area contributed by atoms with Crippen LogP contribution in [-0.4, -0.2) is 33.9 Å². The van der Waals surface area contributed by atoms with Gasteiger partial charge in [-0.15, -0.1) is 0 Å². The highest BCUT2D eigenvalue weighted by Crippen LogP contribution is 2.31. The zero-order valence-electron chi connectivity index (χ0n) is 11.5. The SMILES string of the molecule is Cc1cn2cc(C(=O)NC3CC4CNC3C4)ccc2n1. The van der Waals surface area contributed by atoms with E-state index >= 15 is 0 Å². The first-order valence-electron chi connectivity index (χ1n) is 7.18. The van der Waals surface area contributed by atoms with Gasteiger partial charge in [-0.3, -0.25) is 4.79 Å². The molecular formula is C15H18N4O. The van der Waals surface area contributed by atoms with Gasteiger partial charge in [0.05, 0.1) is 11.3 Å². The Morgan fingerprint density at radius 1 is 1.40 bits per heavy atom. The molecule has 1 saturated carbocycles. The minimum atomic E-state index is 0.0117. The molecule has 1 aliphatic heterocycles. The van der Waals surface area contributed by atoms with E-state index in [4.69, 9.17) is 0 Å². The summed E-state index contributed by atoms with van der Waals surface area (Å²) in [5.41, 5.74) is 2.53. The normalized spacial score (nSPS) is 28.1. The number of nitrogens with one attached hydrogen (secondary N) is 2. The van der Waals surface area contributed by atoms with Gasteiger partial charge in [-0.1, -0.05) is 0 Å². The monoisotopic (exact) mass is 270 g/mol. The van der Waals surface area contributed by atoms with Crippen LogP contribution in [0.4, 0.5) is 0 Å². The summed E-state index contributed by atoms with van der Waals surface area (Å²) in [5, 5.41) is 6.63. The lowest BCUT2D eigenvalue weighted by molar-refractivity contribution is 0.0928. The molecule has 1 amide bonds. The van der Waals surface area contributed by atoms with Crippen molar-refractivity contribution >= 4 is 11.6 Å². The molecule has 0 radical (unpaired) electrons. The third kappa shape index (κ3) is 1.89. The number of rotatable bonds is 2. The molecule has 2 aromatic heterocycles. The predicted octanol–water partition coefficient (Wildman–Crippen LogP) is 1.12. The van der Waals surface area contributed by atoms with E-state index in [-0.39, 0.29) is 11.9 Å². The average molecular weight is 270 g/mol. The Morgan fingerprint density at radius 3 is 3.05 bits per heavy atom. The van der Waals surface area contributed by atoms with E-state index in [0.29, 0.717) is 11.6 Å². The second kappa shape index (κ2) is 4.31. The zero-order chi connectivity index (χ0) is 13.7. The Balaban J connectivity index is 1.54. The smallest absolute Gasteiger partial charge is 0.253 e. The molecule has 2 N–H and O–H groups in total. The fraction of sp³-hybridized carbons (Fsp3) is 0.467. The lowest BCUT2D eigenvalue weighted by atomic mass is 10.1.